The smallest absolute Gasteiger partial charge is 0.330 e. The Morgan fingerprint density at radius 1 is 1.42 bits per heavy atom. The molecule has 0 spiro atoms. The van der Waals surface area contributed by atoms with E-state index in [2.05, 4.69) is 5.32 Å². The van der Waals surface area contributed by atoms with Gasteiger partial charge < -0.3 is 4.74 Å². The number of hydrogen-bond donors (Lipinski definition) is 1. The minimum Gasteiger partial charge on any atom is -0.464 e. The lowest BCUT2D eigenvalue weighted by atomic mass is 9.86. The summed E-state index contributed by atoms with van der Waals surface area (Å²) in [5, 5.41) is 3.95. The number of benzene rings is 1. The topological polar surface area (TPSA) is 38.3 Å². The molecule has 1 unspecified atom stereocenters. The average Bonchev–Trinajstić information content (AvgIpc) is 2.36. The molecule has 1 N–H and O–H groups in total. The molecule has 0 aliphatic carbocycles. The van der Waals surface area contributed by atoms with Gasteiger partial charge in [-0.3, -0.25) is 5.32 Å². The third-order valence-electron chi connectivity index (χ3n) is 3.01. The summed E-state index contributed by atoms with van der Waals surface area (Å²) in [5.41, 5.74) is 0.00405. The Hall–Kier alpha value is -1.06. The van der Waals surface area contributed by atoms with Crippen LogP contribution < -0.4 is 5.32 Å². The first-order chi connectivity index (χ1) is 8.96. The fraction of sp³-hybridized carbons (Fsp3) is 0.533. The van der Waals surface area contributed by atoms with Crippen LogP contribution in [0.1, 0.15) is 39.7 Å². The zero-order chi connectivity index (χ0) is 14.5. The van der Waals surface area contributed by atoms with Crippen molar-refractivity contribution in [2.75, 3.05) is 6.61 Å². The van der Waals surface area contributed by atoms with Crippen LogP contribution in [0.3, 0.4) is 0 Å². The highest BCUT2D eigenvalue weighted by Gasteiger charge is 2.40. The van der Waals surface area contributed by atoms with E-state index in [4.69, 9.17) is 16.3 Å². The van der Waals surface area contributed by atoms with Crippen molar-refractivity contribution in [2.24, 2.45) is 0 Å². The van der Waals surface area contributed by atoms with E-state index in [0.717, 1.165) is 5.56 Å². The maximum Gasteiger partial charge on any atom is 0.330 e. The molecule has 0 aliphatic rings. The van der Waals surface area contributed by atoms with E-state index in [1.165, 1.54) is 0 Å². The first kappa shape index (κ1) is 16.0. The maximum atomic E-state index is 12.4. The second-order valence-corrected chi connectivity index (χ2v) is 5.23. The van der Waals surface area contributed by atoms with Gasteiger partial charge in [-0.2, -0.15) is 0 Å². The molecule has 0 saturated heterocycles. The lowest BCUT2D eigenvalue weighted by Crippen LogP contribution is -2.52. The Morgan fingerprint density at radius 3 is 2.58 bits per heavy atom. The van der Waals surface area contributed by atoms with Gasteiger partial charge in [-0.15, -0.1) is 0 Å². The van der Waals surface area contributed by atoms with E-state index in [0.29, 0.717) is 18.1 Å². The number of esters is 1. The third kappa shape index (κ3) is 3.71. The van der Waals surface area contributed by atoms with Crippen LogP contribution in [0, 0.1) is 0 Å². The van der Waals surface area contributed by atoms with Gasteiger partial charge in [0.25, 0.3) is 0 Å². The molecule has 4 heteroatoms. The summed E-state index contributed by atoms with van der Waals surface area (Å²) in [6.07, 6.45) is 0.602. The SMILES string of the molecule is CCOC(=O)C(CC)(NC(C)C)c1cccc(Cl)c1. The van der Waals surface area contributed by atoms with Crippen molar-refractivity contribution in [3.8, 4) is 0 Å². The summed E-state index contributed by atoms with van der Waals surface area (Å²) >= 11 is 6.05. The second kappa shape index (κ2) is 6.92. The van der Waals surface area contributed by atoms with Crippen molar-refractivity contribution in [3.05, 3.63) is 34.9 Å². The van der Waals surface area contributed by atoms with Crippen molar-refractivity contribution < 1.29 is 9.53 Å². The predicted octanol–water partition coefficient (Wildman–Crippen LogP) is 3.51. The number of halogens is 1. The van der Waals surface area contributed by atoms with E-state index in [9.17, 15) is 4.79 Å². The van der Waals surface area contributed by atoms with Crippen LogP contribution in [-0.2, 0) is 15.1 Å². The Balaban J connectivity index is 3.26. The number of ether oxygens (including phenoxy) is 1. The van der Waals surface area contributed by atoms with Crippen LogP contribution in [0.5, 0.6) is 0 Å². The number of nitrogens with one attached hydrogen (secondary N) is 1. The van der Waals surface area contributed by atoms with Gasteiger partial charge >= 0.3 is 5.97 Å². The minimum atomic E-state index is -0.838. The number of carbonyl (C=O) groups excluding carboxylic acids is 1. The van der Waals surface area contributed by atoms with E-state index < -0.39 is 5.54 Å². The standard InChI is InChI=1S/C15H22ClNO2/c1-5-15(17-11(3)4,14(18)19-6-2)12-8-7-9-13(16)10-12/h7-11,17H,5-6H2,1-4H3. The third-order valence-corrected chi connectivity index (χ3v) is 3.24. The van der Waals surface area contributed by atoms with Crippen molar-refractivity contribution in [1.82, 2.24) is 5.32 Å². The molecule has 0 amide bonds. The van der Waals surface area contributed by atoms with Crippen molar-refractivity contribution in [3.63, 3.8) is 0 Å². The monoisotopic (exact) mass is 283 g/mol. The number of carbonyl (C=O) groups is 1. The van der Waals surface area contributed by atoms with Crippen molar-refractivity contribution in [2.45, 2.75) is 45.7 Å². The summed E-state index contributed by atoms with van der Waals surface area (Å²) in [7, 11) is 0. The molecule has 0 fully saturated rings. The quantitative estimate of drug-likeness (QED) is 0.812. The zero-order valence-corrected chi connectivity index (χ0v) is 12.8. The van der Waals surface area contributed by atoms with E-state index in [-0.39, 0.29) is 12.0 Å². The lowest BCUT2D eigenvalue weighted by Gasteiger charge is -2.34. The van der Waals surface area contributed by atoms with Crippen LogP contribution >= 0.6 is 11.6 Å². The molecule has 1 aromatic carbocycles. The fourth-order valence-corrected chi connectivity index (χ4v) is 2.40. The first-order valence-electron chi connectivity index (χ1n) is 6.67. The highest BCUT2D eigenvalue weighted by atomic mass is 35.5. The van der Waals surface area contributed by atoms with Crippen LogP contribution in [0.2, 0.25) is 5.02 Å². The highest BCUT2D eigenvalue weighted by Crippen LogP contribution is 2.29. The van der Waals surface area contributed by atoms with E-state index in [1.54, 1.807) is 6.07 Å². The molecule has 0 aromatic heterocycles. The fourth-order valence-electron chi connectivity index (χ4n) is 2.21. The van der Waals surface area contributed by atoms with Gasteiger partial charge in [0.1, 0.15) is 5.54 Å². The summed E-state index contributed by atoms with van der Waals surface area (Å²) in [5.74, 6) is -0.256. The molecule has 0 bridgehead atoms. The molecule has 1 aromatic rings. The maximum absolute atomic E-state index is 12.4. The zero-order valence-electron chi connectivity index (χ0n) is 12.0. The molecular weight excluding hydrogens is 262 g/mol. The Labute approximate surface area is 120 Å². The van der Waals surface area contributed by atoms with Gasteiger partial charge in [-0.1, -0.05) is 30.7 Å². The van der Waals surface area contributed by atoms with Gasteiger partial charge in [0.05, 0.1) is 6.61 Å². The first-order valence-corrected chi connectivity index (χ1v) is 7.05. The van der Waals surface area contributed by atoms with Crippen LogP contribution in [0.4, 0.5) is 0 Å². The molecule has 3 nitrogen and oxygen atoms in total. The van der Waals surface area contributed by atoms with Gasteiger partial charge in [-0.25, -0.2) is 4.79 Å². The normalized spacial score (nSPS) is 14.2. The molecule has 0 radical (unpaired) electrons. The van der Waals surface area contributed by atoms with Gasteiger partial charge in [-0.05, 0) is 44.9 Å². The van der Waals surface area contributed by atoms with Gasteiger partial charge in [0.15, 0.2) is 0 Å². The molecule has 19 heavy (non-hydrogen) atoms. The molecular formula is C15H22ClNO2. The summed E-state index contributed by atoms with van der Waals surface area (Å²) in [6, 6.07) is 7.53. The number of hydrogen-bond acceptors (Lipinski definition) is 3. The molecule has 0 saturated carbocycles. The second-order valence-electron chi connectivity index (χ2n) is 4.79. The lowest BCUT2D eigenvalue weighted by molar-refractivity contribution is -0.152. The van der Waals surface area contributed by atoms with Crippen LogP contribution in [0.25, 0.3) is 0 Å². The van der Waals surface area contributed by atoms with Crippen molar-refractivity contribution >= 4 is 17.6 Å². The minimum absolute atomic E-state index is 0.156. The predicted molar refractivity (Wildman–Crippen MR) is 78.3 cm³/mol. The van der Waals surface area contributed by atoms with Gasteiger partial charge in [0.2, 0.25) is 0 Å². The number of rotatable bonds is 6. The summed E-state index contributed by atoms with van der Waals surface area (Å²) < 4.78 is 5.25. The summed E-state index contributed by atoms with van der Waals surface area (Å²) in [4.78, 5) is 12.4. The molecule has 1 rings (SSSR count). The molecule has 0 aliphatic heterocycles. The average molecular weight is 284 g/mol. The van der Waals surface area contributed by atoms with E-state index >= 15 is 0 Å². The Bertz CT molecular complexity index is 434. The Kier molecular flexibility index (Phi) is 5.83. The van der Waals surface area contributed by atoms with Gasteiger partial charge in [0, 0.05) is 11.1 Å². The Morgan fingerprint density at radius 2 is 2.11 bits per heavy atom. The largest absolute Gasteiger partial charge is 0.464 e. The van der Waals surface area contributed by atoms with Crippen LogP contribution in [-0.4, -0.2) is 18.6 Å². The van der Waals surface area contributed by atoms with E-state index in [1.807, 2.05) is 45.9 Å². The van der Waals surface area contributed by atoms with Crippen LogP contribution in [0.15, 0.2) is 24.3 Å². The molecule has 106 valence electrons. The van der Waals surface area contributed by atoms with Crippen molar-refractivity contribution in [1.29, 1.82) is 0 Å². The molecule has 0 heterocycles. The summed E-state index contributed by atoms with van der Waals surface area (Å²) in [6.45, 7) is 8.15. The highest BCUT2D eigenvalue weighted by molar-refractivity contribution is 6.30. The molecule has 1 atom stereocenters.